The van der Waals surface area contributed by atoms with E-state index in [4.69, 9.17) is 0 Å². The van der Waals surface area contributed by atoms with Crippen molar-refractivity contribution < 1.29 is 9.59 Å². The second kappa shape index (κ2) is 9.63. The fraction of sp³-hybridized carbons (Fsp3) is 0.636. The fourth-order valence-corrected chi connectivity index (χ4v) is 5.74. The zero-order chi connectivity index (χ0) is 19.2. The van der Waals surface area contributed by atoms with Crippen molar-refractivity contribution in [1.29, 1.82) is 0 Å². The summed E-state index contributed by atoms with van der Waals surface area (Å²) in [6.45, 7) is 4.99. The Morgan fingerprint density at radius 1 is 1.15 bits per heavy atom. The van der Waals surface area contributed by atoms with Crippen LogP contribution in [0, 0.1) is 11.8 Å². The van der Waals surface area contributed by atoms with Gasteiger partial charge in [0.05, 0.1) is 5.37 Å². The average Bonchev–Trinajstić information content (AvgIpc) is 3.13. The van der Waals surface area contributed by atoms with Crippen LogP contribution in [0.2, 0.25) is 0 Å². The average molecular weight is 389 g/mol. The first-order valence-electron chi connectivity index (χ1n) is 10.3. The van der Waals surface area contributed by atoms with E-state index >= 15 is 0 Å². The first-order valence-corrected chi connectivity index (χ1v) is 11.4. The Bertz CT molecular complexity index is 628. The second-order valence-electron chi connectivity index (χ2n) is 8.19. The Morgan fingerprint density at radius 2 is 1.85 bits per heavy atom. The molecule has 1 heterocycles. The van der Waals surface area contributed by atoms with Gasteiger partial charge in [-0.2, -0.15) is 0 Å². The third kappa shape index (κ3) is 5.07. The van der Waals surface area contributed by atoms with E-state index in [9.17, 15) is 9.59 Å². The van der Waals surface area contributed by atoms with Gasteiger partial charge in [0, 0.05) is 17.9 Å². The second-order valence-corrected chi connectivity index (χ2v) is 9.34. The number of hydrogen-bond acceptors (Lipinski definition) is 3. The Kier molecular flexibility index (Phi) is 7.22. The monoisotopic (exact) mass is 388 g/mol. The van der Waals surface area contributed by atoms with E-state index in [0.717, 1.165) is 19.3 Å². The van der Waals surface area contributed by atoms with Crippen LogP contribution in [0.3, 0.4) is 0 Å². The summed E-state index contributed by atoms with van der Waals surface area (Å²) >= 11 is 1.80. The van der Waals surface area contributed by atoms with Gasteiger partial charge in [-0.1, -0.05) is 51.3 Å². The highest BCUT2D eigenvalue weighted by Gasteiger charge is 2.44. The Labute approximate surface area is 167 Å². The van der Waals surface area contributed by atoms with Crippen LogP contribution in [-0.4, -0.2) is 40.4 Å². The Morgan fingerprint density at radius 3 is 2.52 bits per heavy atom. The molecule has 1 aliphatic carbocycles. The molecule has 0 radical (unpaired) electrons. The molecule has 2 amide bonds. The van der Waals surface area contributed by atoms with E-state index in [1.54, 1.807) is 11.8 Å². The van der Waals surface area contributed by atoms with Crippen LogP contribution in [0.5, 0.6) is 0 Å². The molecule has 1 aliphatic heterocycles. The molecule has 1 aromatic rings. The maximum atomic E-state index is 13.3. The first kappa shape index (κ1) is 20.2. The third-order valence-corrected chi connectivity index (χ3v) is 7.13. The van der Waals surface area contributed by atoms with Crippen LogP contribution in [-0.2, 0) is 4.79 Å². The zero-order valence-corrected chi connectivity index (χ0v) is 17.3. The maximum absolute atomic E-state index is 13.3. The predicted octanol–water partition coefficient (Wildman–Crippen LogP) is 4.31. The minimum Gasteiger partial charge on any atom is -0.354 e. The van der Waals surface area contributed by atoms with Gasteiger partial charge in [-0.05, 0) is 43.2 Å². The van der Waals surface area contributed by atoms with E-state index in [1.807, 2.05) is 35.2 Å². The lowest BCUT2D eigenvalue weighted by Gasteiger charge is -2.35. The summed E-state index contributed by atoms with van der Waals surface area (Å²) in [6, 6.07) is 9.06. The molecule has 1 aromatic carbocycles. The van der Waals surface area contributed by atoms with Crippen LogP contribution in [0.25, 0.3) is 0 Å². The van der Waals surface area contributed by atoms with Gasteiger partial charge >= 0.3 is 0 Å². The molecule has 5 heteroatoms. The smallest absolute Gasteiger partial charge is 0.255 e. The van der Waals surface area contributed by atoms with Crippen LogP contribution in [0.1, 0.15) is 62.7 Å². The summed E-state index contributed by atoms with van der Waals surface area (Å²) in [7, 11) is 0. The van der Waals surface area contributed by atoms with E-state index in [0.29, 0.717) is 29.7 Å². The molecular weight excluding hydrogens is 356 g/mol. The van der Waals surface area contributed by atoms with Gasteiger partial charge in [-0.3, -0.25) is 9.59 Å². The molecular formula is C22H32N2O2S. The van der Waals surface area contributed by atoms with Crippen molar-refractivity contribution in [3.8, 4) is 0 Å². The molecule has 1 saturated heterocycles. The van der Waals surface area contributed by atoms with Crippen LogP contribution in [0.15, 0.2) is 30.3 Å². The van der Waals surface area contributed by atoms with E-state index < -0.39 is 0 Å². The molecule has 1 N–H and O–H groups in total. The standard InChI is InChI=1S/C22H32N2O2S/c1-16(2)13-14-23-20(25)19-15-27-22(18-11-7-4-8-12-18)24(19)21(26)17-9-5-3-6-10-17/h3,5-6,9-10,16,18-19,22H,4,7-8,11-15H2,1-2H3,(H,23,25). The molecule has 3 rings (SSSR count). The van der Waals surface area contributed by atoms with Crippen molar-refractivity contribution in [2.75, 3.05) is 12.3 Å². The summed E-state index contributed by atoms with van der Waals surface area (Å²) in [4.78, 5) is 28.1. The van der Waals surface area contributed by atoms with Crippen molar-refractivity contribution in [2.24, 2.45) is 11.8 Å². The number of thioether (sulfide) groups is 1. The molecule has 2 unspecified atom stereocenters. The highest BCUT2D eigenvalue weighted by molar-refractivity contribution is 8.00. The summed E-state index contributed by atoms with van der Waals surface area (Å²) in [6.07, 6.45) is 7.06. The number of hydrogen-bond donors (Lipinski definition) is 1. The lowest BCUT2D eigenvalue weighted by Crippen LogP contribution is -2.51. The maximum Gasteiger partial charge on any atom is 0.255 e. The minimum absolute atomic E-state index is 0.000169. The van der Waals surface area contributed by atoms with E-state index in [1.165, 1.54) is 19.3 Å². The van der Waals surface area contributed by atoms with Gasteiger partial charge in [0.1, 0.15) is 6.04 Å². The molecule has 27 heavy (non-hydrogen) atoms. The summed E-state index contributed by atoms with van der Waals surface area (Å²) in [5.74, 6) is 1.77. The topological polar surface area (TPSA) is 49.4 Å². The molecule has 2 atom stereocenters. The molecule has 2 aliphatic rings. The van der Waals surface area contributed by atoms with Gasteiger partial charge in [0.25, 0.3) is 5.91 Å². The van der Waals surface area contributed by atoms with E-state index in [2.05, 4.69) is 19.2 Å². The Hall–Kier alpha value is -1.49. The number of rotatable bonds is 6. The summed E-state index contributed by atoms with van der Waals surface area (Å²) in [5.41, 5.74) is 0.681. The fourth-order valence-electron chi connectivity index (χ4n) is 4.10. The van der Waals surface area contributed by atoms with Crippen LogP contribution in [0.4, 0.5) is 0 Å². The number of carbonyl (C=O) groups is 2. The number of nitrogens with one attached hydrogen (secondary N) is 1. The molecule has 0 aromatic heterocycles. The minimum atomic E-state index is -0.359. The van der Waals surface area contributed by atoms with Crippen LogP contribution < -0.4 is 5.32 Å². The highest BCUT2D eigenvalue weighted by atomic mass is 32.2. The van der Waals surface area contributed by atoms with Crippen molar-refractivity contribution in [3.05, 3.63) is 35.9 Å². The third-order valence-electron chi connectivity index (χ3n) is 5.67. The van der Waals surface area contributed by atoms with Crippen molar-refractivity contribution in [3.63, 3.8) is 0 Å². The quantitative estimate of drug-likeness (QED) is 0.790. The highest BCUT2D eigenvalue weighted by Crippen LogP contribution is 2.41. The normalized spacial score (nSPS) is 23.6. The van der Waals surface area contributed by atoms with Gasteiger partial charge in [0.2, 0.25) is 5.91 Å². The Balaban J connectivity index is 1.77. The summed E-state index contributed by atoms with van der Waals surface area (Å²) < 4.78 is 0. The molecule has 0 bridgehead atoms. The van der Waals surface area contributed by atoms with Gasteiger partial charge in [-0.15, -0.1) is 11.8 Å². The van der Waals surface area contributed by atoms with Gasteiger partial charge in [-0.25, -0.2) is 0 Å². The van der Waals surface area contributed by atoms with Gasteiger partial charge < -0.3 is 10.2 Å². The summed E-state index contributed by atoms with van der Waals surface area (Å²) in [5, 5.41) is 3.19. The molecule has 148 valence electrons. The molecule has 4 nitrogen and oxygen atoms in total. The largest absolute Gasteiger partial charge is 0.354 e. The van der Waals surface area contributed by atoms with Crippen molar-refractivity contribution in [1.82, 2.24) is 10.2 Å². The van der Waals surface area contributed by atoms with Crippen molar-refractivity contribution >= 4 is 23.6 Å². The van der Waals surface area contributed by atoms with Gasteiger partial charge in [0.15, 0.2) is 0 Å². The lowest BCUT2D eigenvalue weighted by atomic mass is 9.88. The zero-order valence-electron chi connectivity index (χ0n) is 16.5. The first-order chi connectivity index (χ1) is 13.1. The van der Waals surface area contributed by atoms with Crippen molar-refractivity contribution in [2.45, 2.75) is 63.8 Å². The predicted molar refractivity (Wildman–Crippen MR) is 112 cm³/mol. The number of benzene rings is 1. The molecule has 2 fully saturated rings. The molecule has 1 saturated carbocycles. The molecule has 0 spiro atoms. The SMILES string of the molecule is CC(C)CCNC(=O)C1CSC(C2CCCCC2)N1C(=O)c1ccccc1. The number of carbonyl (C=O) groups excluding carboxylic acids is 2. The van der Waals surface area contributed by atoms with Crippen LogP contribution >= 0.6 is 11.8 Å². The number of nitrogens with zero attached hydrogens (tertiary/aromatic N) is 1. The lowest BCUT2D eigenvalue weighted by molar-refractivity contribution is -0.125. The number of amides is 2. The van der Waals surface area contributed by atoms with E-state index in [-0.39, 0.29) is 23.2 Å².